The number of hydrogen-bond acceptors (Lipinski definition) is 5. The van der Waals surface area contributed by atoms with Gasteiger partial charge in [0.1, 0.15) is 11.9 Å². The zero-order valence-electron chi connectivity index (χ0n) is 16.6. The van der Waals surface area contributed by atoms with Gasteiger partial charge in [-0.25, -0.2) is 4.79 Å². The minimum Gasteiger partial charge on any atom is -0.619 e. The minimum absolute atomic E-state index is 0.263. The molecule has 1 aliphatic rings. The van der Waals surface area contributed by atoms with Crippen LogP contribution in [0.2, 0.25) is 5.02 Å². The van der Waals surface area contributed by atoms with Crippen LogP contribution < -0.4 is 14.8 Å². The molecule has 4 rings (SSSR count). The van der Waals surface area contributed by atoms with Crippen molar-refractivity contribution < 1.29 is 23.8 Å². The van der Waals surface area contributed by atoms with Crippen LogP contribution in [0.25, 0.3) is 11.1 Å². The normalized spacial score (nSPS) is 14.5. The van der Waals surface area contributed by atoms with Crippen LogP contribution in [-0.2, 0) is 11.2 Å². The molecule has 0 saturated carbocycles. The van der Waals surface area contributed by atoms with E-state index in [0.29, 0.717) is 39.6 Å². The van der Waals surface area contributed by atoms with E-state index in [2.05, 4.69) is 5.32 Å². The summed E-state index contributed by atoms with van der Waals surface area (Å²) in [4.78, 5) is 24.1. The molecule has 0 saturated heterocycles. The standard InChI is InChI=1S/C23H19ClN2O5/c1-30-23(28)16-4-2-3-15(9-16)17-10-18-11-19(31-21(18)20(24)12-17)13-25-22(27)14-5-7-26(29)8-6-14/h2-10,12,19H,11,13H2,1H3,(H,25,27). The molecule has 0 spiro atoms. The number of aromatic nitrogens is 1. The second-order valence-electron chi connectivity index (χ2n) is 7.12. The molecule has 7 nitrogen and oxygen atoms in total. The van der Waals surface area contributed by atoms with Gasteiger partial charge in [-0.3, -0.25) is 4.79 Å². The first-order valence-corrected chi connectivity index (χ1v) is 9.97. The third kappa shape index (κ3) is 4.46. The summed E-state index contributed by atoms with van der Waals surface area (Å²) in [5, 5.41) is 14.4. The number of halogens is 1. The van der Waals surface area contributed by atoms with Crippen molar-refractivity contribution >= 4 is 23.5 Å². The second kappa shape index (κ2) is 8.65. The molecule has 1 aromatic heterocycles. The van der Waals surface area contributed by atoms with Crippen molar-refractivity contribution in [1.29, 1.82) is 0 Å². The van der Waals surface area contributed by atoms with Crippen LogP contribution in [0.15, 0.2) is 60.9 Å². The second-order valence-corrected chi connectivity index (χ2v) is 7.53. The third-order valence-corrected chi connectivity index (χ3v) is 5.30. The molecule has 1 amide bonds. The molecule has 0 bridgehead atoms. The molecule has 0 aliphatic carbocycles. The highest BCUT2D eigenvalue weighted by molar-refractivity contribution is 6.32. The van der Waals surface area contributed by atoms with Crippen LogP contribution in [0.3, 0.4) is 0 Å². The van der Waals surface area contributed by atoms with Crippen molar-refractivity contribution in [3.8, 4) is 16.9 Å². The van der Waals surface area contributed by atoms with Gasteiger partial charge in [-0.2, -0.15) is 4.73 Å². The third-order valence-electron chi connectivity index (χ3n) is 5.02. The number of nitrogens with zero attached hydrogens (tertiary/aromatic N) is 1. The Morgan fingerprint density at radius 2 is 1.94 bits per heavy atom. The molecule has 1 unspecified atom stereocenters. The first-order chi connectivity index (χ1) is 14.9. The summed E-state index contributed by atoms with van der Waals surface area (Å²) < 4.78 is 11.3. The maximum atomic E-state index is 12.3. The van der Waals surface area contributed by atoms with E-state index < -0.39 is 5.97 Å². The largest absolute Gasteiger partial charge is 0.619 e. The first-order valence-electron chi connectivity index (χ1n) is 9.59. The van der Waals surface area contributed by atoms with Crippen LogP contribution in [0.1, 0.15) is 26.3 Å². The average molecular weight is 439 g/mol. The molecule has 3 aromatic rings. The van der Waals surface area contributed by atoms with Crippen LogP contribution in [0, 0.1) is 5.21 Å². The summed E-state index contributed by atoms with van der Waals surface area (Å²) in [6, 6.07) is 13.8. The van der Waals surface area contributed by atoms with Gasteiger partial charge in [0.15, 0.2) is 12.4 Å². The van der Waals surface area contributed by atoms with Gasteiger partial charge in [-0.05, 0) is 35.4 Å². The Balaban J connectivity index is 1.47. The van der Waals surface area contributed by atoms with Crippen LogP contribution in [0.5, 0.6) is 5.75 Å². The van der Waals surface area contributed by atoms with Crippen molar-refractivity contribution in [3.63, 3.8) is 0 Å². The Morgan fingerprint density at radius 1 is 1.16 bits per heavy atom. The topological polar surface area (TPSA) is 91.6 Å². The van der Waals surface area contributed by atoms with Crippen molar-refractivity contribution in [2.24, 2.45) is 0 Å². The molecule has 2 heterocycles. The first kappa shape index (κ1) is 20.7. The number of carbonyl (C=O) groups is 2. The molecule has 158 valence electrons. The summed E-state index contributed by atoms with van der Waals surface area (Å²) in [7, 11) is 1.34. The van der Waals surface area contributed by atoms with E-state index in [-0.39, 0.29) is 12.0 Å². The zero-order chi connectivity index (χ0) is 22.0. The van der Waals surface area contributed by atoms with Crippen LogP contribution in [0.4, 0.5) is 0 Å². The van der Waals surface area contributed by atoms with E-state index in [9.17, 15) is 14.8 Å². The lowest BCUT2D eigenvalue weighted by molar-refractivity contribution is -0.605. The number of amides is 1. The van der Waals surface area contributed by atoms with Crippen molar-refractivity contribution in [2.45, 2.75) is 12.5 Å². The molecular formula is C23H19ClN2O5. The molecule has 1 N–H and O–H groups in total. The zero-order valence-corrected chi connectivity index (χ0v) is 17.4. The number of esters is 1. The summed E-state index contributed by atoms with van der Waals surface area (Å²) in [6.45, 7) is 0.295. The van der Waals surface area contributed by atoms with Crippen molar-refractivity contribution in [1.82, 2.24) is 5.32 Å². The highest BCUT2D eigenvalue weighted by Crippen LogP contribution is 2.39. The highest BCUT2D eigenvalue weighted by atomic mass is 35.5. The summed E-state index contributed by atoms with van der Waals surface area (Å²) in [6.07, 6.45) is 2.86. The molecule has 8 heteroatoms. The molecule has 31 heavy (non-hydrogen) atoms. The SMILES string of the molecule is COC(=O)c1cccc(-c2cc(Cl)c3c(c2)CC(CNC(=O)c2cc[n+]([O-])cc2)O3)c1. The predicted molar refractivity (Wildman–Crippen MR) is 114 cm³/mol. The Hall–Kier alpha value is -3.58. The van der Waals surface area contributed by atoms with Gasteiger partial charge in [0.25, 0.3) is 5.91 Å². The maximum absolute atomic E-state index is 12.3. The minimum atomic E-state index is -0.406. The smallest absolute Gasteiger partial charge is 0.337 e. The number of hydrogen-bond donors (Lipinski definition) is 1. The quantitative estimate of drug-likeness (QED) is 0.375. The Kier molecular flexibility index (Phi) is 5.77. The van der Waals surface area contributed by atoms with E-state index in [1.165, 1.54) is 31.6 Å². The number of pyridine rings is 1. The summed E-state index contributed by atoms with van der Waals surface area (Å²) in [5.74, 6) is -0.0933. The lowest BCUT2D eigenvalue weighted by atomic mass is 9.99. The van der Waals surface area contributed by atoms with E-state index in [1.807, 2.05) is 12.1 Å². The average Bonchev–Trinajstić information content (AvgIpc) is 3.21. The number of benzene rings is 2. The fraction of sp³-hybridized carbons (Fsp3) is 0.174. The fourth-order valence-electron chi connectivity index (χ4n) is 3.48. The van der Waals surface area contributed by atoms with Gasteiger partial charge in [-0.1, -0.05) is 23.7 Å². The molecule has 2 aromatic carbocycles. The van der Waals surface area contributed by atoms with Gasteiger partial charge in [0.05, 0.1) is 29.8 Å². The number of methoxy groups -OCH3 is 1. The predicted octanol–water partition coefficient (Wildman–Crippen LogP) is 3.16. The van der Waals surface area contributed by atoms with Gasteiger partial charge >= 0.3 is 5.97 Å². The van der Waals surface area contributed by atoms with Gasteiger partial charge in [0, 0.05) is 24.1 Å². The van der Waals surface area contributed by atoms with Gasteiger partial charge in [0.2, 0.25) is 0 Å². The van der Waals surface area contributed by atoms with Crippen LogP contribution in [-0.4, -0.2) is 31.6 Å². The van der Waals surface area contributed by atoms with E-state index in [1.54, 1.807) is 24.3 Å². The fourth-order valence-corrected chi connectivity index (χ4v) is 3.77. The number of ether oxygens (including phenoxy) is 2. The van der Waals surface area contributed by atoms with E-state index >= 15 is 0 Å². The molecule has 0 fully saturated rings. The van der Waals surface area contributed by atoms with Crippen LogP contribution >= 0.6 is 11.6 Å². The maximum Gasteiger partial charge on any atom is 0.337 e. The molecule has 1 aliphatic heterocycles. The lowest BCUT2D eigenvalue weighted by Gasteiger charge is -2.12. The summed E-state index contributed by atoms with van der Waals surface area (Å²) in [5.41, 5.74) is 3.48. The molecule has 0 radical (unpaired) electrons. The van der Waals surface area contributed by atoms with Crippen molar-refractivity contribution in [2.75, 3.05) is 13.7 Å². The molecule has 1 atom stereocenters. The highest BCUT2D eigenvalue weighted by Gasteiger charge is 2.26. The number of carbonyl (C=O) groups excluding carboxylic acids is 2. The molecular weight excluding hydrogens is 420 g/mol. The Labute approximate surface area is 183 Å². The van der Waals surface area contributed by atoms with Gasteiger partial charge in [-0.15, -0.1) is 0 Å². The van der Waals surface area contributed by atoms with Gasteiger partial charge < -0.3 is 20.0 Å². The summed E-state index contributed by atoms with van der Waals surface area (Å²) >= 11 is 6.46. The van der Waals surface area contributed by atoms with E-state index in [0.717, 1.165) is 16.7 Å². The monoisotopic (exact) mass is 438 g/mol. The number of rotatable bonds is 5. The van der Waals surface area contributed by atoms with Crippen molar-refractivity contribution in [3.05, 3.63) is 87.8 Å². The Bertz CT molecular complexity index is 1150. The van der Waals surface area contributed by atoms with E-state index in [4.69, 9.17) is 21.1 Å². The number of nitrogens with one attached hydrogen (secondary N) is 1. The lowest BCUT2D eigenvalue weighted by Crippen LogP contribution is -2.35. The number of fused-ring (bicyclic) bond motifs is 1. The Morgan fingerprint density at radius 3 is 2.68 bits per heavy atom.